The largest absolute Gasteiger partial charge is 0.508 e. The second-order valence-electron chi connectivity index (χ2n) is 9.12. The van der Waals surface area contributed by atoms with Gasteiger partial charge in [-0.15, -0.1) is 0 Å². The fourth-order valence-corrected chi connectivity index (χ4v) is 3.43. The number of aromatic hydroxyl groups is 1. The molecule has 1 aromatic carbocycles. The highest BCUT2D eigenvalue weighted by atomic mass is 16.4. The molecule has 0 saturated carbocycles. The molecule has 3 amide bonds. The topological polar surface area (TPSA) is 217 Å². The van der Waals surface area contributed by atoms with E-state index in [2.05, 4.69) is 16.0 Å². The molecule has 0 aliphatic heterocycles. The second kappa shape index (κ2) is 15.0. The molecule has 5 unspecified atom stereocenters. The lowest BCUT2D eigenvalue weighted by atomic mass is 10.0. The van der Waals surface area contributed by atoms with Gasteiger partial charge in [-0.05, 0) is 62.8 Å². The van der Waals surface area contributed by atoms with Gasteiger partial charge >= 0.3 is 5.97 Å². The molecule has 0 spiro atoms. The first kappa shape index (κ1) is 30.8. The van der Waals surface area contributed by atoms with Gasteiger partial charge in [0.2, 0.25) is 17.7 Å². The smallest absolute Gasteiger partial charge is 0.326 e. The zero-order valence-electron chi connectivity index (χ0n) is 20.9. The number of benzene rings is 1. The molecule has 0 aliphatic carbocycles. The van der Waals surface area contributed by atoms with Gasteiger partial charge in [0.25, 0.3) is 0 Å². The zero-order chi connectivity index (χ0) is 27.4. The van der Waals surface area contributed by atoms with E-state index in [0.717, 1.165) is 0 Å². The van der Waals surface area contributed by atoms with Crippen molar-refractivity contribution in [3.05, 3.63) is 29.8 Å². The van der Waals surface area contributed by atoms with Gasteiger partial charge in [-0.1, -0.05) is 26.0 Å². The average molecular weight is 510 g/mol. The van der Waals surface area contributed by atoms with Crippen LogP contribution in [0.25, 0.3) is 0 Å². The summed E-state index contributed by atoms with van der Waals surface area (Å²) >= 11 is 0. The molecular weight excluding hydrogens is 470 g/mol. The number of aliphatic carboxylic acids is 1. The predicted octanol–water partition coefficient (Wildman–Crippen LogP) is -1.03. The number of carbonyl (C=O) groups excluding carboxylic acids is 3. The first-order valence-corrected chi connectivity index (χ1v) is 11.9. The summed E-state index contributed by atoms with van der Waals surface area (Å²) in [7, 11) is 0. The Balaban J connectivity index is 2.94. The molecular formula is C24H39N5O7. The number of aliphatic hydroxyl groups excluding tert-OH is 1. The number of hydrogen-bond donors (Lipinski definition) is 8. The number of amides is 3. The zero-order valence-corrected chi connectivity index (χ0v) is 20.9. The minimum absolute atomic E-state index is 0.0770. The van der Waals surface area contributed by atoms with Crippen LogP contribution in [0.3, 0.4) is 0 Å². The highest BCUT2D eigenvalue weighted by molar-refractivity contribution is 5.94. The van der Waals surface area contributed by atoms with Crippen molar-refractivity contribution in [1.29, 1.82) is 0 Å². The Morgan fingerprint density at radius 2 is 1.47 bits per heavy atom. The highest BCUT2D eigenvalue weighted by Gasteiger charge is 2.33. The van der Waals surface area contributed by atoms with Crippen molar-refractivity contribution in [3.63, 3.8) is 0 Å². The summed E-state index contributed by atoms with van der Waals surface area (Å²) in [5, 5.41) is 36.2. The van der Waals surface area contributed by atoms with E-state index in [-0.39, 0.29) is 18.6 Å². The maximum absolute atomic E-state index is 13.0. The summed E-state index contributed by atoms with van der Waals surface area (Å²) in [6, 6.07) is 1.48. The third-order valence-corrected chi connectivity index (χ3v) is 5.60. The number of carbonyl (C=O) groups is 4. The minimum Gasteiger partial charge on any atom is -0.508 e. The summed E-state index contributed by atoms with van der Waals surface area (Å²) in [6.07, 6.45) is 0.121. The fourth-order valence-electron chi connectivity index (χ4n) is 3.43. The first-order chi connectivity index (χ1) is 16.9. The van der Waals surface area contributed by atoms with E-state index in [9.17, 15) is 34.5 Å². The van der Waals surface area contributed by atoms with Crippen molar-refractivity contribution in [3.8, 4) is 5.75 Å². The van der Waals surface area contributed by atoms with Crippen LogP contribution in [0.5, 0.6) is 5.75 Å². The van der Waals surface area contributed by atoms with Gasteiger partial charge in [0.1, 0.15) is 23.9 Å². The van der Waals surface area contributed by atoms with Crippen molar-refractivity contribution in [2.75, 3.05) is 6.54 Å². The van der Waals surface area contributed by atoms with E-state index in [4.69, 9.17) is 11.5 Å². The van der Waals surface area contributed by atoms with Gasteiger partial charge in [0, 0.05) is 0 Å². The summed E-state index contributed by atoms with van der Waals surface area (Å²) in [4.78, 5) is 49.9. The van der Waals surface area contributed by atoms with Crippen molar-refractivity contribution in [1.82, 2.24) is 16.0 Å². The van der Waals surface area contributed by atoms with E-state index < -0.39 is 59.9 Å². The second-order valence-corrected chi connectivity index (χ2v) is 9.12. The van der Waals surface area contributed by atoms with Crippen LogP contribution in [-0.2, 0) is 25.6 Å². The first-order valence-electron chi connectivity index (χ1n) is 11.9. The summed E-state index contributed by atoms with van der Waals surface area (Å²) < 4.78 is 0. The summed E-state index contributed by atoms with van der Waals surface area (Å²) in [5.41, 5.74) is 12.3. The number of carboxylic acid groups (broad SMARTS) is 1. The van der Waals surface area contributed by atoms with E-state index in [1.165, 1.54) is 19.1 Å². The van der Waals surface area contributed by atoms with E-state index in [1.807, 2.05) is 0 Å². The van der Waals surface area contributed by atoms with Crippen LogP contribution in [0, 0.1) is 5.92 Å². The van der Waals surface area contributed by atoms with Crippen LogP contribution < -0.4 is 27.4 Å². The molecule has 0 bridgehead atoms. The standard InChI is InChI=1S/C24H39N5O7/c1-13(2)19(24(35)36)28-23(34)20(14(3)30)29-22(33)18(6-4-5-11-25)27-21(32)17(26)12-15-7-9-16(31)10-8-15/h7-10,13-14,17-20,30-31H,4-6,11-12,25-26H2,1-3H3,(H,27,32)(H,28,34)(H,29,33)(H,35,36). The number of aliphatic hydroxyl groups is 1. The molecule has 202 valence electrons. The molecule has 0 saturated heterocycles. The van der Waals surface area contributed by atoms with Crippen LogP contribution in [0.2, 0.25) is 0 Å². The van der Waals surface area contributed by atoms with Gasteiger partial charge in [0.15, 0.2) is 0 Å². The van der Waals surface area contributed by atoms with Gasteiger partial charge in [-0.25, -0.2) is 4.79 Å². The number of hydrogen-bond acceptors (Lipinski definition) is 8. The predicted molar refractivity (Wildman–Crippen MR) is 133 cm³/mol. The van der Waals surface area contributed by atoms with Crippen LogP contribution >= 0.6 is 0 Å². The Hall–Kier alpha value is -3.22. The third kappa shape index (κ3) is 10.2. The molecule has 0 heterocycles. The fraction of sp³-hybridized carbons (Fsp3) is 0.583. The lowest BCUT2D eigenvalue weighted by Crippen LogP contribution is -2.60. The lowest BCUT2D eigenvalue weighted by molar-refractivity contribution is -0.144. The number of phenolic OH excluding ortho intramolecular Hbond substituents is 1. The number of carboxylic acids is 1. The maximum Gasteiger partial charge on any atom is 0.326 e. The van der Waals surface area contributed by atoms with Gasteiger partial charge in [-0.3, -0.25) is 14.4 Å². The monoisotopic (exact) mass is 509 g/mol. The summed E-state index contributed by atoms with van der Waals surface area (Å²) in [6.45, 7) is 4.89. The number of phenols is 1. The van der Waals surface area contributed by atoms with E-state index in [0.29, 0.717) is 24.9 Å². The molecule has 12 heteroatoms. The van der Waals surface area contributed by atoms with Crippen molar-refractivity contribution in [2.24, 2.45) is 17.4 Å². The number of nitrogens with one attached hydrogen (secondary N) is 3. The molecule has 12 nitrogen and oxygen atoms in total. The van der Waals surface area contributed by atoms with Crippen LogP contribution in [-0.4, -0.2) is 75.8 Å². The number of unbranched alkanes of at least 4 members (excludes halogenated alkanes) is 1. The third-order valence-electron chi connectivity index (χ3n) is 5.60. The molecule has 0 fully saturated rings. The Morgan fingerprint density at radius 1 is 0.889 bits per heavy atom. The van der Waals surface area contributed by atoms with Crippen molar-refractivity contribution >= 4 is 23.7 Å². The van der Waals surface area contributed by atoms with Crippen LogP contribution in [0.15, 0.2) is 24.3 Å². The SMILES string of the molecule is CC(C)C(NC(=O)C(NC(=O)C(CCCCN)NC(=O)C(N)Cc1ccc(O)cc1)C(C)O)C(=O)O. The number of rotatable bonds is 15. The molecule has 1 aromatic rings. The van der Waals surface area contributed by atoms with E-state index in [1.54, 1.807) is 26.0 Å². The van der Waals surface area contributed by atoms with Crippen molar-refractivity contribution in [2.45, 2.75) is 76.7 Å². The van der Waals surface area contributed by atoms with E-state index >= 15 is 0 Å². The van der Waals surface area contributed by atoms with Gasteiger partial charge < -0.3 is 42.7 Å². The lowest BCUT2D eigenvalue weighted by Gasteiger charge is -2.27. The van der Waals surface area contributed by atoms with Crippen molar-refractivity contribution < 1.29 is 34.5 Å². The molecule has 5 atom stereocenters. The minimum atomic E-state index is -1.45. The molecule has 0 aromatic heterocycles. The van der Waals surface area contributed by atoms with Gasteiger partial charge in [-0.2, -0.15) is 0 Å². The summed E-state index contributed by atoms with van der Waals surface area (Å²) in [5.74, 6) is -3.79. The van der Waals surface area contributed by atoms with Crippen LogP contribution in [0.4, 0.5) is 0 Å². The molecule has 1 rings (SSSR count). The Kier molecular flexibility index (Phi) is 12.9. The molecule has 10 N–H and O–H groups in total. The highest BCUT2D eigenvalue weighted by Crippen LogP contribution is 2.11. The van der Waals surface area contributed by atoms with Crippen LogP contribution in [0.1, 0.15) is 45.6 Å². The molecule has 36 heavy (non-hydrogen) atoms. The quantitative estimate of drug-likeness (QED) is 0.135. The molecule has 0 aliphatic rings. The Labute approximate surface area is 210 Å². The average Bonchev–Trinajstić information content (AvgIpc) is 2.80. The van der Waals surface area contributed by atoms with Gasteiger partial charge in [0.05, 0.1) is 12.1 Å². The normalized spacial score (nSPS) is 15.3. The molecule has 0 radical (unpaired) electrons. The maximum atomic E-state index is 13.0. The Bertz CT molecular complexity index is 876. The Morgan fingerprint density at radius 3 is 1.97 bits per heavy atom. The number of nitrogens with two attached hydrogens (primary N) is 2.